The van der Waals surface area contributed by atoms with Gasteiger partial charge in [-0.25, -0.2) is 0 Å². The van der Waals surface area contributed by atoms with E-state index < -0.39 is 0 Å². The fourth-order valence-electron chi connectivity index (χ4n) is 2.13. The molecule has 0 heterocycles. The molecule has 0 saturated heterocycles. The standard InChI is InChI=1S/C11H21N3/c1-9(6-12)8-14-11-5-3-2-4-10(11)7-13/h9-11,14H,2-5,7-8,13H2,1H3. The normalized spacial score (nSPS) is 29.5. The summed E-state index contributed by atoms with van der Waals surface area (Å²) >= 11 is 0. The van der Waals surface area contributed by atoms with Gasteiger partial charge in [0, 0.05) is 12.6 Å². The van der Waals surface area contributed by atoms with Crippen molar-refractivity contribution in [3.63, 3.8) is 0 Å². The van der Waals surface area contributed by atoms with Gasteiger partial charge in [0.2, 0.25) is 0 Å². The molecule has 0 spiro atoms. The van der Waals surface area contributed by atoms with Crippen LogP contribution in [0.25, 0.3) is 0 Å². The van der Waals surface area contributed by atoms with Gasteiger partial charge < -0.3 is 11.1 Å². The first-order valence-electron chi connectivity index (χ1n) is 5.61. The maximum atomic E-state index is 8.67. The van der Waals surface area contributed by atoms with Gasteiger partial charge in [-0.2, -0.15) is 5.26 Å². The highest BCUT2D eigenvalue weighted by atomic mass is 14.9. The first kappa shape index (κ1) is 11.5. The molecule has 1 aliphatic carbocycles. The Morgan fingerprint density at radius 2 is 2.21 bits per heavy atom. The maximum absolute atomic E-state index is 8.67. The minimum Gasteiger partial charge on any atom is -0.330 e. The number of nitrogens with two attached hydrogens (primary N) is 1. The van der Waals surface area contributed by atoms with Crippen LogP contribution in [0.1, 0.15) is 32.6 Å². The van der Waals surface area contributed by atoms with Crippen LogP contribution in [0.15, 0.2) is 0 Å². The van der Waals surface area contributed by atoms with E-state index in [4.69, 9.17) is 11.0 Å². The van der Waals surface area contributed by atoms with Gasteiger partial charge >= 0.3 is 0 Å². The van der Waals surface area contributed by atoms with Gasteiger partial charge in [-0.05, 0) is 32.2 Å². The van der Waals surface area contributed by atoms with E-state index in [0.29, 0.717) is 12.0 Å². The number of nitriles is 1. The largest absolute Gasteiger partial charge is 0.330 e. The van der Waals surface area contributed by atoms with Gasteiger partial charge in [0.25, 0.3) is 0 Å². The molecule has 0 amide bonds. The molecule has 0 aromatic heterocycles. The third-order valence-corrected chi connectivity index (χ3v) is 3.12. The van der Waals surface area contributed by atoms with Crippen LogP contribution in [0, 0.1) is 23.2 Å². The molecule has 0 radical (unpaired) electrons. The molecule has 1 aliphatic rings. The summed E-state index contributed by atoms with van der Waals surface area (Å²) in [4.78, 5) is 0. The Bertz CT molecular complexity index is 197. The van der Waals surface area contributed by atoms with E-state index in [0.717, 1.165) is 13.1 Å². The summed E-state index contributed by atoms with van der Waals surface area (Å²) < 4.78 is 0. The van der Waals surface area contributed by atoms with E-state index in [1.165, 1.54) is 25.7 Å². The van der Waals surface area contributed by atoms with Crippen molar-refractivity contribution in [3.05, 3.63) is 0 Å². The van der Waals surface area contributed by atoms with Crippen molar-refractivity contribution in [1.82, 2.24) is 5.32 Å². The summed E-state index contributed by atoms with van der Waals surface area (Å²) in [6.07, 6.45) is 5.08. The molecule has 1 fully saturated rings. The smallest absolute Gasteiger partial charge is 0.0666 e. The van der Waals surface area contributed by atoms with Crippen LogP contribution in [0.5, 0.6) is 0 Å². The van der Waals surface area contributed by atoms with Crippen LogP contribution in [-0.4, -0.2) is 19.1 Å². The molecule has 1 rings (SSSR count). The van der Waals surface area contributed by atoms with Gasteiger partial charge in [0.15, 0.2) is 0 Å². The molecule has 3 heteroatoms. The van der Waals surface area contributed by atoms with Crippen LogP contribution in [0.2, 0.25) is 0 Å². The lowest BCUT2D eigenvalue weighted by Gasteiger charge is -2.31. The van der Waals surface area contributed by atoms with E-state index in [2.05, 4.69) is 11.4 Å². The predicted octanol–water partition coefficient (Wildman–Crippen LogP) is 1.25. The summed E-state index contributed by atoms with van der Waals surface area (Å²) in [5, 5.41) is 12.1. The fourth-order valence-corrected chi connectivity index (χ4v) is 2.13. The Kier molecular flexibility index (Phi) is 4.92. The van der Waals surface area contributed by atoms with Crippen LogP contribution in [0.4, 0.5) is 0 Å². The Morgan fingerprint density at radius 1 is 1.50 bits per heavy atom. The zero-order chi connectivity index (χ0) is 10.4. The molecule has 1 saturated carbocycles. The molecule has 80 valence electrons. The number of rotatable bonds is 4. The summed E-state index contributed by atoms with van der Waals surface area (Å²) in [6, 6.07) is 2.79. The zero-order valence-electron chi connectivity index (χ0n) is 9.00. The Morgan fingerprint density at radius 3 is 2.86 bits per heavy atom. The third-order valence-electron chi connectivity index (χ3n) is 3.12. The molecule has 3 atom stereocenters. The zero-order valence-corrected chi connectivity index (χ0v) is 9.00. The molecule has 3 unspecified atom stereocenters. The van der Waals surface area contributed by atoms with E-state index in [1.807, 2.05) is 6.92 Å². The van der Waals surface area contributed by atoms with Crippen molar-refractivity contribution < 1.29 is 0 Å². The second kappa shape index (κ2) is 6.00. The van der Waals surface area contributed by atoms with Crippen LogP contribution < -0.4 is 11.1 Å². The first-order chi connectivity index (χ1) is 6.77. The Labute approximate surface area is 86.7 Å². The monoisotopic (exact) mass is 195 g/mol. The predicted molar refractivity (Wildman–Crippen MR) is 57.6 cm³/mol. The summed E-state index contributed by atoms with van der Waals surface area (Å²) in [5.74, 6) is 0.727. The van der Waals surface area contributed by atoms with Crippen LogP contribution in [0.3, 0.4) is 0 Å². The summed E-state index contributed by atoms with van der Waals surface area (Å²) in [7, 11) is 0. The number of hydrogen-bond acceptors (Lipinski definition) is 3. The Balaban J connectivity index is 2.30. The lowest BCUT2D eigenvalue weighted by molar-refractivity contribution is 0.264. The molecule has 3 nitrogen and oxygen atoms in total. The van der Waals surface area contributed by atoms with Crippen molar-refractivity contribution in [2.45, 2.75) is 38.6 Å². The summed E-state index contributed by atoms with van der Waals surface area (Å²) in [6.45, 7) is 3.53. The van der Waals surface area contributed by atoms with Gasteiger partial charge in [0.05, 0.1) is 12.0 Å². The second-order valence-corrected chi connectivity index (χ2v) is 4.33. The van der Waals surface area contributed by atoms with Gasteiger partial charge in [0.1, 0.15) is 0 Å². The van der Waals surface area contributed by atoms with Crippen LogP contribution >= 0.6 is 0 Å². The van der Waals surface area contributed by atoms with Crippen LogP contribution in [-0.2, 0) is 0 Å². The molecular formula is C11H21N3. The highest BCUT2D eigenvalue weighted by Crippen LogP contribution is 2.23. The number of hydrogen-bond donors (Lipinski definition) is 2. The molecular weight excluding hydrogens is 174 g/mol. The first-order valence-corrected chi connectivity index (χ1v) is 5.61. The van der Waals surface area contributed by atoms with E-state index >= 15 is 0 Å². The van der Waals surface area contributed by atoms with Crippen molar-refractivity contribution in [3.8, 4) is 6.07 Å². The van der Waals surface area contributed by atoms with E-state index in [9.17, 15) is 0 Å². The van der Waals surface area contributed by atoms with Crippen molar-refractivity contribution in [2.75, 3.05) is 13.1 Å². The topological polar surface area (TPSA) is 61.8 Å². The molecule has 0 bridgehead atoms. The van der Waals surface area contributed by atoms with Crippen molar-refractivity contribution in [2.24, 2.45) is 17.6 Å². The number of nitrogens with zero attached hydrogens (tertiary/aromatic N) is 1. The maximum Gasteiger partial charge on any atom is 0.0666 e. The number of nitrogens with one attached hydrogen (secondary N) is 1. The van der Waals surface area contributed by atoms with Gasteiger partial charge in [-0.15, -0.1) is 0 Å². The third kappa shape index (κ3) is 3.28. The minimum absolute atomic E-state index is 0.107. The second-order valence-electron chi connectivity index (χ2n) is 4.33. The summed E-state index contributed by atoms with van der Waals surface area (Å²) in [5.41, 5.74) is 5.73. The molecule has 0 aromatic rings. The van der Waals surface area contributed by atoms with Gasteiger partial charge in [-0.3, -0.25) is 0 Å². The average molecular weight is 195 g/mol. The highest BCUT2D eigenvalue weighted by molar-refractivity contribution is 4.86. The lowest BCUT2D eigenvalue weighted by atomic mass is 9.84. The van der Waals surface area contributed by atoms with Gasteiger partial charge in [-0.1, -0.05) is 12.8 Å². The average Bonchev–Trinajstić information content (AvgIpc) is 2.26. The Hall–Kier alpha value is -0.590. The van der Waals surface area contributed by atoms with E-state index in [-0.39, 0.29) is 5.92 Å². The molecule has 14 heavy (non-hydrogen) atoms. The minimum atomic E-state index is 0.107. The quantitative estimate of drug-likeness (QED) is 0.709. The van der Waals surface area contributed by atoms with Crippen molar-refractivity contribution in [1.29, 1.82) is 5.26 Å². The SMILES string of the molecule is CC(C#N)CNC1CCCCC1CN. The molecule has 0 aliphatic heterocycles. The highest BCUT2D eigenvalue weighted by Gasteiger charge is 2.23. The van der Waals surface area contributed by atoms with Crippen molar-refractivity contribution >= 4 is 0 Å². The van der Waals surface area contributed by atoms with E-state index in [1.54, 1.807) is 0 Å². The lowest BCUT2D eigenvalue weighted by Crippen LogP contribution is -2.43. The molecule has 0 aromatic carbocycles. The molecule has 3 N–H and O–H groups in total. The fraction of sp³-hybridized carbons (Fsp3) is 0.909.